The Bertz CT molecular complexity index is 877. The second-order valence-electron chi connectivity index (χ2n) is 9.10. The van der Waals surface area contributed by atoms with Gasteiger partial charge in [0.25, 0.3) is 0 Å². The van der Waals surface area contributed by atoms with Gasteiger partial charge in [0.2, 0.25) is 5.91 Å². The Balaban J connectivity index is 1.45. The Labute approximate surface area is 184 Å². The first-order valence-electron chi connectivity index (χ1n) is 11.5. The van der Waals surface area contributed by atoms with Crippen molar-refractivity contribution >= 4 is 5.91 Å². The fourth-order valence-electron chi connectivity index (χ4n) is 5.02. The van der Waals surface area contributed by atoms with Crippen LogP contribution in [-0.2, 0) is 16.0 Å². The molecule has 31 heavy (non-hydrogen) atoms. The van der Waals surface area contributed by atoms with Gasteiger partial charge in [-0.2, -0.15) is 0 Å². The molecule has 1 atom stereocenters. The smallest absolute Gasteiger partial charge is 0.226 e. The van der Waals surface area contributed by atoms with E-state index < -0.39 is 5.41 Å². The summed E-state index contributed by atoms with van der Waals surface area (Å²) in [7, 11) is 2.17. The highest BCUT2D eigenvalue weighted by Gasteiger charge is 2.40. The number of nitrogens with zero attached hydrogens (tertiary/aromatic N) is 1. The van der Waals surface area contributed by atoms with Crippen LogP contribution in [0.2, 0.25) is 0 Å². The first-order chi connectivity index (χ1) is 15.1. The summed E-state index contributed by atoms with van der Waals surface area (Å²) in [6.07, 6.45) is 5.66. The van der Waals surface area contributed by atoms with Crippen LogP contribution in [0.15, 0.2) is 48.5 Å². The molecule has 0 saturated carbocycles. The molecule has 1 amide bonds. The average molecular weight is 425 g/mol. The lowest BCUT2D eigenvalue weighted by Gasteiger charge is -2.36. The van der Waals surface area contributed by atoms with Crippen LogP contribution in [0.25, 0.3) is 11.1 Å². The first-order valence-corrected chi connectivity index (χ1v) is 11.5. The molecule has 0 radical (unpaired) electrons. The third kappa shape index (κ3) is 5.34. The topological polar surface area (TPSA) is 41.6 Å². The summed E-state index contributed by atoms with van der Waals surface area (Å²) in [6, 6.07) is 15.4. The van der Waals surface area contributed by atoms with Crippen molar-refractivity contribution in [1.29, 1.82) is 0 Å². The van der Waals surface area contributed by atoms with Gasteiger partial charge in [-0.15, -0.1) is 0 Å². The zero-order valence-corrected chi connectivity index (χ0v) is 18.4. The number of hydrogen-bond donors (Lipinski definition) is 1. The van der Waals surface area contributed by atoms with Crippen LogP contribution in [0.1, 0.15) is 37.7 Å². The Morgan fingerprint density at radius 2 is 1.94 bits per heavy atom. The van der Waals surface area contributed by atoms with Gasteiger partial charge in [-0.05, 0) is 80.9 Å². The number of nitrogens with one attached hydrogen (secondary N) is 1. The quantitative estimate of drug-likeness (QED) is 0.715. The monoisotopic (exact) mass is 424 g/mol. The largest absolute Gasteiger partial charge is 0.381 e. The Kier molecular flexibility index (Phi) is 7.03. The molecule has 4 rings (SSSR count). The second kappa shape index (κ2) is 9.92. The predicted molar refractivity (Wildman–Crippen MR) is 121 cm³/mol. The van der Waals surface area contributed by atoms with Crippen LogP contribution < -0.4 is 5.32 Å². The van der Waals surface area contributed by atoms with E-state index >= 15 is 0 Å². The van der Waals surface area contributed by atoms with E-state index in [-0.39, 0.29) is 11.7 Å². The number of carbonyl (C=O) groups excluding carboxylic acids is 1. The lowest BCUT2D eigenvalue weighted by Crippen LogP contribution is -2.47. The lowest BCUT2D eigenvalue weighted by molar-refractivity contribution is -0.136. The van der Waals surface area contributed by atoms with Gasteiger partial charge in [0.15, 0.2) is 0 Å². The minimum atomic E-state index is -0.429. The molecule has 2 aromatic carbocycles. The van der Waals surface area contributed by atoms with Crippen LogP contribution in [0, 0.1) is 11.2 Å². The van der Waals surface area contributed by atoms with E-state index in [1.807, 2.05) is 12.1 Å². The van der Waals surface area contributed by atoms with E-state index in [0.717, 1.165) is 49.0 Å². The number of carbonyl (C=O) groups is 1. The molecule has 4 nitrogen and oxygen atoms in total. The van der Waals surface area contributed by atoms with Crippen molar-refractivity contribution in [1.82, 2.24) is 10.2 Å². The Morgan fingerprint density at radius 3 is 2.65 bits per heavy atom. The molecular weight excluding hydrogens is 391 g/mol. The highest BCUT2D eigenvalue weighted by molar-refractivity contribution is 5.83. The van der Waals surface area contributed by atoms with Gasteiger partial charge in [0.05, 0.1) is 5.41 Å². The molecule has 0 aromatic heterocycles. The summed E-state index contributed by atoms with van der Waals surface area (Å²) >= 11 is 0. The third-order valence-electron chi connectivity index (χ3n) is 7.01. The SMILES string of the molecule is CN1CCC[C@@H]1CCNC(=O)C1(Cc2cccc(-c3ccc(F)cc3)c2)CCOCC1. The number of ether oxygens (including phenoxy) is 1. The summed E-state index contributed by atoms with van der Waals surface area (Å²) in [6.45, 7) is 3.13. The molecular formula is C26H33FN2O2. The molecule has 0 aliphatic carbocycles. The van der Waals surface area contributed by atoms with Gasteiger partial charge < -0.3 is 15.0 Å². The van der Waals surface area contributed by atoms with Crippen molar-refractivity contribution in [3.05, 3.63) is 59.9 Å². The number of halogens is 1. The number of benzene rings is 2. The highest BCUT2D eigenvalue weighted by Crippen LogP contribution is 2.36. The van der Waals surface area contributed by atoms with E-state index in [1.165, 1.54) is 25.0 Å². The van der Waals surface area contributed by atoms with Crippen molar-refractivity contribution in [2.75, 3.05) is 33.4 Å². The standard InChI is InChI=1S/C26H33FN2O2/c1-29-15-3-6-24(29)11-14-28-25(30)26(12-16-31-17-13-26)19-20-4-2-5-22(18-20)21-7-9-23(27)10-8-21/h2,4-5,7-10,18,24H,3,6,11-17,19H2,1H3,(H,28,30)/t24-/m1/s1. The normalized spacial score (nSPS) is 21.2. The van der Waals surface area contributed by atoms with Crippen molar-refractivity contribution in [3.8, 4) is 11.1 Å². The molecule has 5 heteroatoms. The molecule has 0 unspecified atom stereocenters. The van der Waals surface area contributed by atoms with Gasteiger partial charge >= 0.3 is 0 Å². The number of likely N-dealkylation sites (tertiary alicyclic amines) is 1. The fraction of sp³-hybridized carbons (Fsp3) is 0.500. The van der Waals surface area contributed by atoms with Gasteiger partial charge in [-0.25, -0.2) is 4.39 Å². The zero-order valence-electron chi connectivity index (χ0n) is 18.4. The van der Waals surface area contributed by atoms with Crippen molar-refractivity contribution < 1.29 is 13.9 Å². The van der Waals surface area contributed by atoms with Gasteiger partial charge in [-0.3, -0.25) is 4.79 Å². The molecule has 166 valence electrons. The minimum absolute atomic E-state index is 0.156. The van der Waals surface area contributed by atoms with E-state index in [1.54, 1.807) is 12.1 Å². The van der Waals surface area contributed by atoms with Gasteiger partial charge in [0, 0.05) is 25.8 Å². The van der Waals surface area contributed by atoms with Crippen LogP contribution >= 0.6 is 0 Å². The van der Waals surface area contributed by atoms with Crippen LogP contribution in [-0.4, -0.2) is 50.2 Å². The summed E-state index contributed by atoms with van der Waals surface area (Å²) in [5, 5.41) is 3.25. The second-order valence-corrected chi connectivity index (χ2v) is 9.10. The summed E-state index contributed by atoms with van der Waals surface area (Å²) in [4.78, 5) is 15.8. The van der Waals surface area contributed by atoms with Crippen LogP contribution in [0.5, 0.6) is 0 Å². The minimum Gasteiger partial charge on any atom is -0.381 e. The van der Waals surface area contributed by atoms with E-state index in [2.05, 4.69) is 29.4 Å². The summed E-state index contributed by atoms with van der Waals surface area (Å²) in [5.74, 6) is -0.0785. The highest BCUT2D eigenvalue weighted by atomic mass is 19.1. The van der Waals surface area contributed by atoms with Crippen molar-refractivity contribution in [3.63, 3.8) is 0 Å². The average Bonchev–Trinajstić information content (AvgIpc) is 3.19. The maximum Gasteiger partial charge on any atom is 0.226 e. The number of hydrogen-bond acceptors (Lipinski definition) is 3. The van der Waals surface area contributed by atoms with Crippen molar-refractivity contribution in [2.45, 2.75) is 44.6 Å². The van der Waals surface area contributed by atoms with Gasteiger partial charge in [0.1, 0.15) is 5.82 Å². The maximum absolute atomic E-state index is 13.4. The van der Waals surface area contributed by atoms with Crippen molar-refractivity contribution in [2.24, 2.45) is 5.41 Å². The number of rotatable bonds is 7. The van der Waals surface area contributed by atoms with Gasteiger partial charge in [-0.1, -0.05) is 36.4 Å². The third-order valence-corrected chi connectivity index (χ3v) is 7.01. The predicted octanol–water partition coefficient (Wildman–Crippen LogP) is 4.43. The molecule has 2 fully saturated rings. The first kappa shape index (κ1) is 22.0. The molecule has 2 aliphatic rings. The molecule has 0 spiro atoms. The molecule has 2 aromatic rings. The van der Waals surface area contributed by atoms with E-state index in [4.69, 9.17) is 4.74 Å². The van der Waals surface area contributed by atoms with Crippen LogP contribution in [0.3, 0.4) is 0 Å². The summed E-state index contributed by atoms with van der Waals surface area (Å²) in [5.41, 5.74) is 2.73. The molecule has 2 heterocycles. The van der Waals surface area contributed by atoms with Crippen LogP contribution in [0.4, 0.5) is 4.39 Å². The fourth-order valence-corrected chi connectivity index (χ4v) is 5.02. The van der Waals surface area contributed by atoms with E-state index in [9.17, 15) is 9.18 Å². The van der Waals surface area contributed by atoms with E-state index in [0.29, 0.717) is 25.7 Å². The Hall–Kier alpha value is -2.24. The maximum atomic E-state index is 13.4. The number of amides is 1. The molecule has 0 bridgehead atoms. The summed E-state index contributed by atoms with van der Waals surface area (Å²) < 4.78 is 18.9. The Morgan fingerprint density at radius 1 is 1.16 bits per heavy atom. The molecule has 2 aliphatic heterocycles. The molecule has 1 N–H and O–H groups in total. The molecule has 2 saturated heterocycles. The zero-order chi connectivity index (χ0) is 21.7. The lowest BCUT2D eigenvalue weighted by atomic mass is 9.74.